The van der Waals surface area contributed by atoms with E-state index in [2.05, 4.69) is 5.32 Å². The molecule has 2 aromatic rings. The molecule has 0 radical (unpaired) electrons. The Morgan fingerprint density at radius 1 is 1.36 bits per heavy atom. The van der Waals surface area contributed by atoms with Gasteiger partial charge in [0.25, 0.3) is 5.91 Å². The normalized spacial score (nSPS) is 12.0. The fraction of sp³-hybridized carbons (Fsp3) is 0.312. The minimum atomic E-state index is -0.206. The first-order chi connectivity index (χ1) is 10.5. The molecule has 1 atom stereocenters. The highest BCUT2D eigenvalue weighted by Crippen LogP contribution is 2.27. The van der Waals surface area contributed by atoms with Crippen LogP contribution in [0.2, 0.25) is 10.0 Å². The number of benzene rings is 1. The lowest BCUT2D eigenvalue weighted by atomic mass is 10.1. The molecule has 0 fully saturated rings. The van der Waals surface area contributed by atoms with Gasteiger partial charge < -0.3 is 14.5 Å². The number of ether oxygens (including phenoxy) is 1. The van der Waals surface area contributed by atoms with Gasteiger partial charge in [0.05, 0.1) is 11.3 Å². The first-order valence-electron chi connectivity index (χ1n) is 6.94. The van der Waals surface area contributed by atoms with Crippen LogP contribution in [-0.4, -0.2) is 18.6 Å². The van der Waals surface area contributed by atoms with Gasteiger partial charge in [0.2, 0.25) is 0 Å². The summed E-state index contributed by atoms with van der Waals surface area (Å²) >= 11 is 11.8. The van der Waals surface area contributed by atoms with E-state index < -0.39 is 0 Å². The topological polar surface area (TPSA) is 51.5 Å². The van der Waals surface area contributed by atoms with Gasteiger partial charge in [-0.1, -0.05) is 23.2 Å². The number of hydrogen-bond donors (Lipinski definition) is 1. The van der Waals surface area contributed by atoms with Gasteiger partial charge in [-0.15, -0.1) is 0 Å². The van der Waals surface area contributed by atoms with Crippen LogP contribution >= 0.6 is 23.2 Å². The highest BCUT2D eigenvalue weighted by molar-refractivity contribution is 6.34. The van der Waals surface area contributed by atoms with Crippen molar-refractivity contribution in [3.63, 3.8) is 0 Å². The maximum Gasteiger partial charge on any atom is 0.258 e. The Kier molecular flexibility index (Phi) is 6.16. The summed E-state index contributed by atoms with van der Waals surface area (Å²) in [4.78, 5) is 11.8. The number of carbonyl (C=O) groups excluding carboxylic acids is 1. The minimum Gasteiger partial charge on any atom is -0.482 e. The lowest BCUT2D eigenvalue weighted by molar-refractivity contribution is -0.123. The van der Waals surface area contributed by atoms with Crippen molar-refractivity contribution < 1.29 is 13.9 Å². The molecular weight excluding hydrogens is 325 g/mol. The van der Waals surface area contributed by atoms with Gasteiger partial charge in [0, 0.05) is 23.6 Å². The molecule has 1 aromatic carbocycles. The van der Waals surface area contributed by atoms with E-state index in [1.54, 1.807) is 24.5 Å². The first-order valence-corrected chi connectivity index (χ1v) is 7.70. The van der Waals surface area contributed by atoms with Crippen LogP contribution in [0.3, 0.4) is 0 Å². The Balaban J connectivity index is 1.74. The van der Waals surface area contributed by atoms with E-state index in [1.807, 2.05) is 19.1 Å². The van der Waals surface area contributed by atoms with Gasteiger partial charge >= 0.3 is 0 Å². The quantitative estimate of drug-likeness (QED) is 0.824. The molecule has 4 nitrogen and oxygen atoms in total. The highest BCUT2D eigenvalue weighted by atomic mass is 35.5. The fourth-order valence-corrected chi connectivity index (χ4v) is 2.27. The fourth-order valence-electron chi connectivity index (χ4n) is 1.93. The lowest BCUT2D eigenvalue weighted by Crippen LogP contribution is -2.36. The average Bonchev–Trinajstić information content (AvgIpc) is 2.99. The standard InChI is InChI=1S/C16H17Cl2NO3/c1-11(4-6-13-3-2-8-21-13)19-16(20)10-22-15-9-12(17)5-7-14(15)18/h2-3,5,7-9,11H,4,6,10H2,1H3,(H,19,20). The Morgan fingerprint density at radius 2 is 2.18 bits per heavy atom. The number of carbonyl (C=O) groups is 1. The molecule has 0 aliphatic carbocycles. The summed E-state index contributed by atoms with van der Waals surface area (Å²) in [6, 6.07) is 8.66. The summed E-state index contributed by atoms with van der Waals surface area (Å²) in [5.41, 5.74) is 0. The van der Waals surface area contributed by atoms with Gasteiger partial charge in [-0.05, 0) is 37.6 Å². The number of hydrogen-bond acceptors (Lipinski definition) is 3. The molecule has 1 amide bonds. The number of rotatable bonds is 7. The molecule has 118 valence electrons. The van der Waals surface area contributed by atoms with Gasteiger partial charge in [-0.25, -0.2) is 0 Å². The van der Waals surface area contributed by atoms with Gasteiger partial charge in [-0.2, -0.15) is 0 Å². The number of nitrogens with one attached hydrogen (secondary N) is 1. The molecule has 1 N–H and O–H groups in total. The summed E-state index contributed by atoms with van der Waals surface area (Å²) < 4.78 is 10.6. The molecular formula is C16H17Cl2NO3. The second-order valence-corrected chi connectivity index (χ2v) is 5.79. The number of furan rings is 1. The monoisotopic (exact) mass is 341 g/mol. The predicted molar refractivity (Wildman–Crippen MR) is 86.6 cm³/mol. The van der Waals surface area contributed by atoms with E-state index in [1.165, 1.54) is 0 Å². The zero-order valence-electron chi connectivity index (χ0n) is 12.1. The predicted octanol–water partition coefficient (Wildman–Crippen LogP) is 4.10. The summed E-state index contributed by atoms with van der Waals surface area (Å²) in [6.45, 7) is 1.83. The maximum atomic E-state index is 11.8. The Morgan fingerprint density at radius 3 is 2.91 bits per heavy atom. The summed E-state index contributed by atoms with van der Waals surface area (Å²) in [6.07, 6.45) is 3.20. The summed E-state index contributed by atoms with van der Waals surface area (Å²) in [7, 11) is 0. The molecule has 0 aliphatic heterocycles. The third-order valence-electron chi connectivity index (χ3n) is 3.06. The maximum absolute atomic E-state index is 11.8. The zero-order valence-corrected chi connectivity index (χ0v) is 13.7. The summed E-state index contributed by atoms with van der Waals surface area (Å²) in [5.74, 6) is 1.10. The van der Waals surface area contributed by atoms with Crippen LogP contribution in [0, 0.1) is 0 Å². The van der Waals surface area contributed by atoms with Crippen LogP contribution in [0.25, 0.3) is 0 Å². The van der Waals surface area contributed by atoms with Gasteiger partial charge in [-0.3, -0.25) is 4.79 Å². The SMILES string of the molecule is CC(CCc1ccco1)NC(=O)COc1cc(Cl)ccc1Cl. The molecule has 0 bridgehead atoms. The van der Waals surface area contributed by atoms with Crippen molar-refractivity contribution in [3.8, 4) is 5.75 Å². The lowest BCUT2D eigenvalue weighted by Gasteiger charge is -2.14. The number of amides is 1. The van der Waals surface area contributed by atoms with E-state index >= 15 is 0 Å². The van der Waals surface area contributed by atoms with Crippen LogP contribution in [0.5, 0.6) is 5.75 Å². The molecule has 0 spiro atoms. The van der Waals surface area contributed by atoms with Crippen molar-refractivity contribution in [2.24, 2.45) is 0 Å². The van der Waals surface area contributed by atoms with Crippen molar-refractivity contribution in [2.75, 3.05) is 6.61 Å². The van der Waals surface area contributed by atoms with E-state index in [0.29, 0.717) is 15.8 Å². The van der Waals surface area contributed by atoms with Crippen molar-refractivity contribution in [1.82, 2.24) is 5.32 Å². The Bertz CT molecular complexity index is 614. The molecule has 1 aromatic heterocycles. The smallest absolute Gasteiger partial charge is 0.258 e. The number of aryl methyl sites for hydroxylation is 1. The third kappa shape index (κ3) is 5.28. The van der Waals surface area contributed by atoms with Crippen LogP contribution in [0.1, 0.15) is 19.1 Å². The highest BCUT2D eigenvalue weighted by Gasteiger charge is 2.10. The van der Waals surface area contributed by atoms with E-state index in [4.69, 9.17) is 32.4 Å². The molecule has 1 heterocycles. The third-order valence-corrected chi connectivity index (χ3v) is 3.61. The van der Waals surface area contributed by atoms with Gasteiger partial charge in [0.1, 0.15) is 11.5 Å². The van der Waals surface area contributed by atoms with Crippen molar-refractivity contribution in [1.29, 1.82) is 0 Å². The van der Waals surface area contributed by atoms with Crippen LogP contribution < -0.4 is 10.1 Å². The summed E-state index contributed by atoms with van der Waals surface area (Å²) in [5, 5.41) is 3.79. The van der Waals surface area contributed by atoms with E-state index in [-0.39, 0.29) is 18.6 Å². The number of halogens is 2. The second-order valence-electron chi connectivity index (χ2n) is 4.95. The van der Waals surface area contributed by atoms with Crippen LogP contribution in [0.15, 0.2) is 41.0 Å². The molecule has 0 aliphatic rings. The molecule has 22 heavy (non-hydrogen) atoms. The Labute approximate surface area is 139 Å². The van der Waals surface area contributed by atoms with Crippen molar-refractivity contribution >= 4 is 29.1 Å². The van der Waals surface area contributed by atoms with Crippen molar-refractivity contribution in [2.45, 2.75) is 25.8 Å². The zero-order chi connectivity index (χ0) is 15.9. The first kappa shape index (κ1) is 16.7. The molecule has 6 heteroatoms. The Hall–Kier alpha value is -1.65. The van der Waals surface area contributed by atoms with Crippen molar-refractivity contribution in [3.05, 3.63) is 52.4 Å². The van der Waals surface area contributed by atoms with Gasteiger partial charge in [0.15, 0.2) is 6.61 Å². The van der Waals surface area contributed by atoms with Crippen LogP contribution in [-0.2, 0) is 11.2 Å². The van der Waals surface area contributed by atoms with E-state index in [0.717, 1.165) is 18.6 Å². The minimum absolute atomic E-state index is 0.0241. The van der Waals surface area contributed by atoms with E-state index in [9.17, 15) is 4.79 Å². The average molecular weight is 342 g/mol. The molecule has 0 saturated carbocycles. The second kappa shape index (κ2) is 8.11. The molecule has 0 saturated heterocycles. The largest absolute Gasteiger partial charge is 0.482 e. The molecule has 1 unspecified atom stereocenters. The van der Waals surface area contributed by atoms with Crippen LogP contribution in [0.4, 0.5) is 0 Å². The molecule has 2 rings (SSSR count).